The van der Waals surface area contributed by atoms with Gasteiger partial charge in [-0.2, -0.15) is 0 Å². The second-order valence-corrected chi connectivity index (χ2v) is 12.7. The summed E-state index contributed by atoms with van der Waals surface area (Å²) in [5.74, 6) is 0.645. The van der Waals surface area contributed by atoms with Crippen LogP contribution < -0.4 is 5.32 Å². The van der Waals surface area contributed by atoms with Gasteiger partial charge in [0.1, 0.15) is 5.82 Å². The van der Waals surface area contributed by atoms with E-state index in [4.69, 9.17) is 4.98 Å². The Morgan fingerprint density at radius 1 is 1.10 bits per heavy atom. The first-order valence-electron chi connectivity index (χ1n) is 14.6. The molecule has 2 aliphatic carbocycles. The lowest BCUT2D eigenvalue weighted by Gasteiger charge is -2.31. The number of aromatic nitrogens is 2. The number of nitrogens with one attached hydrogen (secondary N) is 1. The van der Waals surface area contributed by atoms with Gasteiger partial charge in [0.25, 0.3) is 5.91 Å². The van der Waals surface area contributed by atoms with E-state index < -0.39 is 18.1 Å². The number of hydrogen-bond acceptors (Lipinski definition) is 5. The van der Waals surface area contributed by atoms with Crippen molar-refractivity contribution >= 4 is 34.2 Å². The molecule has 2 fully saturated rings. The maximum Gasteiger partial charge on any atom is 0.306 e. The third kappa shape index (κ3) is 6.72. The number of aliphatic carboxylic acids is 1. The molecule has 2 aliphatic rings. The van der Waals surface area contributed by atoms with Crippen LogP contribution in [0.15, 0.2) is 35.7 Å². The van der Waals surface area contributed by atoms with E-state index in [0.717, 1.165) is 55.4 Å². The second kappa shape index (κ2) is 12.6. The Morgan fingerprint density at radius 2 is 1.87 bits per heavy atom. The van der Waals surface area contributed by atoms with E-state index in [2.05, 4.69) is 34.3 Å². The smallest absolute Gasteiger partial charge is 0.306 e. The summed E-state index contributed by atoms with van der Waals surface area (Å²) in [6.45, 7) is 2.33. The van der Waals surface area contributed by atoms with Gasteiger partial charge in [-0.1, -0.05) is 57.9 Å². The summed E-state index contributed by atoms with van der Waals surface area (Å²) in [4.78, 5) is 31.1. The number of rotatable bonds is 10. The number of benzene rings is 1. The van der Waals surface area contributed by atoms with Gasteiger partial charge in [-0.05, 0) is 60.7 Å². The van der Waals surface area contributed by atoms with E-state index in [1.807, 2.05) is 18.2 Å². The van der Waals surface area contributed by atoms with Crippen molar-refractivity contribution in [3.63, 3.8) is 0 Å². The Bertz CT molecular complexity index is 1260. The van der Waals surface area contributed by atoms with Crippen molar-refractivity contribution in [3.05, 3.63) is 52.0 Å². The first-order valence-corrected chi connectivity index (χ1v) is 15.5. The van der Waals surface area contributed by atoms with Gasteiger partial charge < -0.3 is 20.1 Å². The van der Waals surface area contributed by atoms with Crippen LogP contribution in [0.1, 0.15) is 105 Å². The molecule has 0 radical (unpaired) electrons. The molecule has 2 aromatic heterocycles. The predicted molar refractivity (Wildman–Crippen MR) is 154 cm³/mol. The van der Waals surface area contributed by atoms with Gasteiger partial charge in [-0.25, -0.2) is 4.98 Å². The van der Waals surface area contributed by atoms with Crippen molar-refractivity contribution < 1.29 is 19.8 Å². The van der Waals surface area contributed by atoms with Crippen molar-refractivity contribution in [1.29, 1.82) is 0 Å². The van der Waals surface area contributed by atoms with Crippen LogP contribution in [0.25, 0.3) is 11.0 Å². The Morgan fingerprint density at radius 3 is 2.59 bits per heavy atom. The van der Waals surface area contributed by atoms with Gasteiger partial charge in [0.05, 0.1) is 29.6 Å². The number of aliphatic hydroxyl groups is 1. The van der Waals surface area contributed by atoms with Gasteiger partial charge >= 0.3 is 5.97 Å². The summed E-state index contributed by atoms with van der Waals surface area (Å²) < 4.78 is 2.42. The fourth-order valence-electron chi connectivity index (χ4n) is 6.70. The SMILES string of the molecule is C[C@@H]1CCCC[C@H]1n1c(Cc2cccs2)nc2cc(C(=O)NC(CC3CCCCC3)C(O)CC(=O)O)ccc21. The molecule has 4 atom stereocenters. The van der Waals surface area contributed by atoms with Gasteiger partial charge in [0.2, 0.25) is 0 Å². The number of carboxylic acids is 1. The highest BCUT2D eigenvalue weighted by Crippen LogP contribution is 2.37. The van der Waals surface area contributed by atoms with Crippen LogP contribution in [0.5, 0.6) is 0 Å². The Hall–Kier alpha value is -2.71. The molecule has 2 unspecified atom stereocenters. The zero-order valence-corrected chi connectivity index (χ0v) is 23.7. The largest absolute Gasteiger partial charge is 0.481 e. The van der Waals surface area contributed by atoms with Gasteiger partial charge in [-0.15, -0.1) is 11.3 Å². The highest BCUT2D eigenvalue weighted by Gasteiger charge is 2.30. The maximum absolute atomic E-state index is 13.4. The van der Waals surface area contributed by atoms with Crippen LogP contribution in [0.2, 0.25) is 0 Å². The predicted octanol–water partition coefficient (Wildman–Crippen LogP) is 6.34. The van der Waals surface area contributed by atoms with Crippen molar-refractivity contribution in [2.24, 2.45) is 11.8 Å². The van der Waals surface area contributed by atoms with E-state index in [9.17, 15) is 19.8 Å². The number of carboxylic acid groups (broad SMARTS) is 1. The molecule has 3 aromatic rings. The minimum Gasteiger partial charge on any atom is -0.481 e. The van der Waals surface area contributed by atoms with E-state index >= 15 is 0 Å². The van der Waals surface area contributed by atoms with Crippen molar-refractivity contribution in [3.8, 4) is 0 Å². The van der Waals surface area contributed by atoms with Crippen LogP contribution >= 0.6 is 11.3 Å². The molecular formula is C31H41N3O4S. The second-order valence-electron chi connectivity index (χ2n) is 11.7. The van der Waals surface area contributed by atoms with Gasteiger partial charge in [0, 0.05) is 22.9 Å². The normalized spacial score (nSPS) is 22.0. The lowest BCUT2D eigenvalue weighted by Crippen LogP contribution is -2.45. The van der Waals surface area contributed by atoms with Crippen molar-refractivity contribution in [1.82, 2.24) is 14.9 Å². The van der Waals surface area contributed by atoms with Crippen molar-refractivity contribution in [2.45, 2.75) is 102 Å². The molecule has 2 heterocycles. The van der Waals surface area contributed by atoms with Crippen LogP contribution in [0.3, 0.4) is 0 Å². The minimum atomic E-state index is -1.12. The lowest BCUT2D eigenvalue weighted by molar-refractivity contribution is -0.139. The van der Waals surface area contributed by atoms with E-state index in [1.54, 1.807) is 11.3 Å². The minimum absolute atomic E-state index is 0.289. The van der Waals surface area contributed by atoms with Crippen LogP contribution in [-0.2, 0) is 11.2 Å². The zero-order valence-electron chi connectivity index (χ0n) is 22.8. The molecule has 1 aromatic carbocycles. The molecule has 8 heteroatoms. The topological polar surface area (TPSA) is 104 Å². The molecule has 1 amide bonds. The number of hydrogen-bond donors (Lipinski definition) is 3. The molecular weight excluding hydrogens is 510 g/mol. The summed E-state index contributed by atoms with van der Waals surface area (Å²) >= 11 is 1.74. The molecule has 39 heavy (non-hydrogen) atoms. The fourth-order valence-corrected chi connectivity index (χ4v) is 7.40. The summed E-state index contributed by atoms with van der Waals surface area (Å²) in [6, 6.07) is 9.73. The number of fused-ring (bicyclic) bond motifs is 1. The number of carbonyl (C=O) groups is 2. The van der Waals surface area contributed by atoms with E-state index in [-0.39, 0.29) is 12.3 Å². The highest BCUT2D eigenvalue weighted by atomic mass is 32.1. The number of imidazole rings is 1. The molecule has 7 nitrogen and oxygen atoms in total. The molecule has 0 aliphatic heterocycles. The molecule has 210 valence electrons. The summed E-state index contributed by atoms with van der Waals surface area (Å²) in [5, 5.41) is 25.1. The maximum atomic E-state index is 13.4. The average molecular weight is 552 g/mol. The van der Waals surface area contributed by atoms with E-state index in [0.29, 0.717) is 29.9 Å². The lowest BCUT2D eigenvalue weighted by atomic mass is 9.83. The molecule has 2 saturated carbocycles. The zero-order chi connectivity index (χ0) is 27.4. The van der Waals surface area contributed by atoms with Crippen LogP contribution in [-0.4, -0.2) is 43.8 Å². The standard InChI is InChI=1S/C31H41N3O4S/c1-20-8-5-6-12-26(20)34-27-14-13-22(17-24(27)32-29(34)18-23-11-7-15-39-23)31(38)33-25(28(35)19-30(36)37)16-21-9-3-2-4-10-21/h7,11,13-15,17,20-21,25-26,28,35H,2-6,8-10,12,16,18-19H2,1H3,(H,33,38)(H,36,37)/t20-,25?,26-,28?/m1/s1. The van der Waals surface area contributed by atoms with Crippen LogP contribution in [0.4, 0.5) is 0 Å². The monoisotopic (exact) mass is 551 g/mol. The number of thiophene rings is 1. The quantitative estimate of drug-likeness (QED) is 0.273. The van der Waals surface area contributed by atoms with Gasteiger partial charge in [0.15, 0.2) is 0 Å². The summed E-state index contributed by atoms with van der Waals surface area (Å²) in [5.41, 5.74) is 2.35. The number of amides is 1. The molecule has 0 spiro atoms. The summed E-state index contributed by atoms with van der Waals surface area (Å²) in [6.07, 6.45) is 10.3. The first kappa shape index (κ1) is 27.8. The summed E-state index contributed by atoms with van der Waals surface area (Å²) in [7, 11) is 0. The average Bonchev–Trinajstić information content (AvgIpc) is 3.56. The van der Waals surface area contributed by atoms with Crippen LogP contribution in [0, 0.1) is 11.8 Å². The molecule has 3 N–H and O–H groups in total. The highest BCUT2D eigenvalue weighted by molar-refractivity contribution is 7.09. The number of nitrogens with zero attached hydrogens (tertiary/aromatic N) is 2. The number of carbonyl (C=O) groups excluding carboxylic acids is 1. The Balaban J connectivity index is 1.41. The fraction of sp³-hybridized carbons (Fsp3) is 0.581. The third-order valence-corrected chi connectivity index (χ3v) is 9.69. The molecule has 5 rings (SSSR count). The molecule has 0 bridgehead atoms. The van der Waals surface area contributed by atoms with E-state index in [1.165, 1.54) is 30.6 Å². The molecule has 0 saturated heterocycles. The Kier molecular flexibility index (Phi) is 9.03. The van der Waals surface area contributed by atoms with Gasteiger partial charge in [-0.3, -0.25) is 9.59 Å². The first-order chi connectivity index (χ1) is 18.9. The third-order valence-electron chi connectivity index (χ3n) is 8.81. The van der Waals surface area contributed by atoms with Crippen molar-refractivity contribution in [2.75, 3.05) is 0 Å². The number of aliphatic hydroxyl groups excluding tert-OH is 1. The Labute approximate surface area is 234 Å².